The van der Waals surface area contributed by atoms with E-state index in [0.717, 1.165) is 0 Å². The highest BCUT2D eigenvalue weighted by molar-refractivity contribution is 5.99. The van der Waals surface area contributed by atoms with Crippen LogP contribution >= 0.6 is 0 Å². The Labute approximate surface area is 98.3 Å². The van der Waals surface area contributed by atoms with Crippen LogP contribution in [0, 0.1) is 0 Å². The van der Waals surface area contributed by atoms with Crippen LogP contribution in [0.15, 0.2) is 18.2 Å². The van der Waals surface area contributed by atoms with Crippen molar-refractivity contribution in [2.24, 2.45) is 0 Å². The second-order valence-electron chi connectivity index (χ2n) is 3.19. The minimum atomic E-state index is -3.01. The first-order valence-corrected chi connectivity index (χ1v) is 5.32. The zero-order chi connectivity index (χ0) is 12.8. The van der Waals surface area contributed by atoms with E-state index in [-0.39, 0.29) is 5.56 Å². The van der Waals surface area contributed by atoms with Gasteiger partial charge in [0.2, 0.25) is 5.78 Å². The van der Waals surface area contributed by atoms with Gasteiger partial charge in [0.1, 0.15) is 0 Å². The molecule has 0 aromatic heterocycles. The lowest BCUT2D eigenvalue weighted by Gasteiger charge is -2.11. The fourth-order valence-electron chi connectivity index (χ4n) is 1.33. The molecule has 3 nitrogen and oxygen atoms in total. The number of ether oxygens (including phenoxy) is 2. The van der Waals surface area contributed by atoms with E-state index in [0.29, 0.717) is 24.7 Å². The van der Waals surface area contributed by atoms with E-state index in [2.05, 4.69) is 0 Å². The molecule has 1 aromatic carbocycles. The van der Waals surface area contributed by atoms with Crippen LogP contribution in [0.4, 0.5) is 8.78 Å². The van der Waals surface area contributed by atoms with E-state index in [1.54, 1.807) is 13.8 Å². The monoisotopic (exact) mass is 244 g/mol. The van der Waals surface area contributed by atoms with Gasteiger partial charge in [-0.15, -0.1) is 0 Å². The Hall–Kier alpha value is -1.65. The molecular formula is C12H14F2O3. The van der Waals surface area contributed by atoms with E-state index >= 15 is 0 Å². The number of rotatable bonds is 6. The Morgan fingerprint density at radius 1 is 1.18 bits per heavy atom. The van der Waals surface area contributed by atoms with E-state index in [4.69, 9.17) is 9.47 Å². The summed E-state index contributed by atoms with van der Waals surface area (Å²) in [6, 6.07) is 4.05. The lowest BCUT2D eigenvalue weighted by atomic mass is 10.1. The molecule has 17 heavy (non-hydrogen) atoms. The summed E-state index contributed by atoms with van der Waals surface area (Å²) in [4.78, 5) is 11.1. The van der Waals surface area contributed by atoms with Gasteiger partial charge in [0.25, 0.3) is 0 Å². The summed E-state index contributed by atoms with van der Waals surface area (Å²) in [5.41, 5.74) is -0.0769. The summed E-state index contributed by atoms with van der Waals surface area (Å²) in [6.45, 7) is 4.36. The van der Waals surface area contributed by atoms with Gasteiger partial charge in [0.15, 0.2) is 11.5 Å². The predicted octanol–water partition coefficient (Wildman–Crippen LogP) is 2.93. The first-order chi connectivity index (χ1) is 8.10. The molecule has 0 heterocycles. The summed E-state index contributed by atoms with van der Waals surface area (Å²) in [5.74, 6) is -0.463. The van der Waals surface area contributed by atoms with Crippen molar-refractivity contribution in [2.45, 2.75) is 20.3 Å². The largest absolute Gasteiger partial charge is 0.490 e. The highest BCUT2D eigenvalue weighted by Gasteiger charge is 2.19. The lowest BCUT2D eigenvalue weighted by Crippen LogP contribution is -2.10. The molecule has 94 valence electrons. The molecule has 0 aliphatic heterocycles. The van der Waals surface area contributed by atoms with Gasteiger partial charge in [-0.2, -0.15) is 0 Å². The predicted molar refractivity (Wildman–Crippen MR) is 59.1 cm³/mol. The van der Waals surface area contributed by atoms with Gasteiger partial charge in [-0.3, -0.25) is 4.79 Å². The van der Waals surface area contributed by atoms with Crippen LogP contribution in [0.3, 0.4) is 0 Å². The standard InChI is InChI=1S/C12H14F2O3/c1-3-16-9-6-5-8(11(15)12(13)14)7-10(9)17-4-2/h5-7,12H,3-4H2,1-2H3. The molecule has 0 spiro atoms. The van der Waals surface area contributed by atoms with Gasteiger partial charge >= 0.3 is 6.43 Å². The van der Waals surface area contributed by atoms with Crippen molar-refractivity contribution in [3.8, 4) is 11.5 Å². The van der Waals surface area contributed by atoms with Crippen molar-refractivity contribution in [1.82, 2.24) is 0 Å². The molecule has 0 saturated heterocycles. The zero-order valence-electron chi connectivity index (χ0n) is 9.70. The number of ketones is 1. The quantitative estimate of drug-likeness (QED) is 0.722. The normalized spacial score (nSPS) is 10.4. The van der Waals surface area contributed by atoms with Crippen LogP contribution in [-0.2, 0) is 0 Å². The average molecular weight is 244 g/mol. The summed E-state index contributed by atoms with van der Waals surface area (Å²) in [6.07, 6.45) is -3.01. The molecule has 0 saturated carbocycles. The third-order valence-corrected chi connectivity index (χ3v) is 2.03. The van der Waals surface area contributed by atoms with Gasteiger partial charge in [-0.05, 0) is 32.0 Å². The Balaban J connectivity index is 3.04. The van der Waals surface area contributed by atoms with Crippen LogP contribution in [0.2, 0.25) is 0 Å². The van der Waals surface area contributed by atoms with Crippen molar-refractivity contribution >= 4 is 5.78 Å². The minimum absolute atomic E-state index is 0.0769. The molecule has 0 aliphatic carbocycles. The first kappa shape index (κ1) is 13.4. The molecule has 1 aromatic rings. The molecule has 0 aliphatic rings. The third kappa shape index (κ3) is 3.41. The van der Waals surface area contributed by atoms with Crippen molar-refractivity contribution in [2.75, 3.05) is 13.2 Å². The Morgan fingerprint density at radius 2 is 1.76 bits per heavy atom. The zero-order valence-corrected chi connectivity index (χ0v) is 9.70. The van der Waals surface area contributed by atoms with E-state index in [9.17, 15) is 13.6 Å². The maximum Gasteiger partial charge on any atom is 0.300 e. The van der Waals surface area contributed by atoms with Crippen LogP contribution in [0.1, 0.15) is 24.2 Å². The number of Topliss-reactive ketones (excluding diaryl/α,β-unsaturated/α-hetero) is 1. The molecule has 0 unspecified atom stereocenters. The van der Waals surface area contributed by atoms with E-state index < -0.39 is 12.2 Å². The van der Waals surface area contributed by atoms with Crippen molar-refractivity contribution in [1.29, 1.82) is 0 Å². The number of halogens is 2. The fraction of sp³-hybridized carbons (Fsp3) is 0.417. The second kappa shape index (κ2) is 6.18. The molecule has 5 heteroatoms. The molecule has 0 radical (unpaired) electrons. The molecule has 0 amide bonds. The highest BCUT2D eigenvalue weighted by atomic mass is 19.3. The summed E-state index contributed by atoms with van der Waals surface area (Å²) in [5, 5.41) is 0. The fourth-order valence-corrected chi connectivity index (χ4v) is 1.33. The van der Waals surface area contributed by atoms with Crippen LogP contribution in [-0.4, -0.2) is 25.4 Å². The van der Waals surface area contributed by atoms with Crippen LogP contribution < -0.4 is 9.47 Å². The topological polar surface area (TPSA) is 35.5 Å². The van der Waals surface area contributed by atoms with Crippen molar-refractivity contribution in [3.63, 3.8) is 0 Å². The van der Waals surface area contributed by atoms with Gasteiger partial charge < -0.3 is 9.47 Å². The number of alkyl halides is 2. The average Bonchev–Trinajstić information content (AvgIpc) is 2.31. The van der Waals surface area contributed by atoms with Gasteiger partial charge in [-0.25, -0.2) is 8.78 Å². The number of hydrogen-bond donors (Lipinski definition) is 0. The molecule has 0 N–H and O–H groups in total. The maximum atomic E-state index is 12.3. The number of hydrogen-bond acceptors (Lipinski definition) is 3. The SMILES string of the molecule is CCOc1ccc(C(=O)C(F)F)cc1OCC. The van der Waals surface area contributed by atoms with Gasteiger partial charge in [0, 0.05) is 5.56 Å². The first-order valence-electron chi connectivity index (χ1n) is 5.32. The highest BCUT2D eigenvalue weighted by Crippen LogP contribution is 2.29. The Bertz CT molecular complexity index is 391. The molecule has 0 atom stereocenters. The molecule has 1 rings (SSSR count). The third-order valence-electron chi connectivity index (χ3n) is 2.03. The lowest BCUT2D eigenvalue weighted by molar-refractivity contribution is 0.0678. The van der Waals surface area contributed by atoms with Crippen LogP contribution in [0.25, 0.3) is 0 Å². The Morgan fingerprint density at radius 3 is 2.29 bits per heavy atom. The molecule has 0 fully saturated rings. The number of carbonyl (C=O) groups excluding carboxylic acids is 1. The van der Waals surface area contributed by atoms with Gasteiger partial charge in [-0.1, -0.05) is 0 Å². The van der Waals surface area contributed by atoms with Gasteiger partial charge in [0.05, 0.1) is 13.2 Å². The van der Waals surface area contributed by atoms with Crippen molar-refractivity contribution in [3.05, 3.63) is 23.8 Å². The van der Waals surface area contributed by atoms with E-state index in [1.165, 1.54) is 18.2 Å². The summed E-state index contributed by atoms with van der Waals surface area (Å²) in [7, 11) is 0. The minimum Gasteiger partial charge on any atom is -0.490 e. The van der Waals surface area contributed by atoms with Crippen LogP contribution in [0.5, 0.6) is 11.5 Å². The maximum absolute atomic E-state index is 12.3. The van der Waals surface area contributed by atoms with Crippen molar-refractivity contribution < 1.29 is 23.0 Å². The second-order valence-corrected chi connectivity index (χ2v) is 3.19. The van der Waals surface area contributed by atoms with E-state index in [1.807, 2.05) is 0 Å². The summed E-state index contributed by atoms with van der Waals surface area (Å²) >= 11 is 0. The smallest absolute Gasteiger partial charge is 0.300 e. The summed E-state index contributed by atoms with van der Waals surface area (Å²) < 4.78 is 35.0. The number of benzene rings is 1. The Kier molecular flexibility index (Phi) is 4.87. The number of carbonyl (C=O) groups is 1. The molecular weight excluding hydrogens is 230 g/mol. The molecule has 0 bridgehead atoms.